The molecule has 0 spiro atoms. The predicted molar refractivity (Wildman–Crippen MR) is 107 cm³/mol. The quantitative estimate of drug-likeness (QED) is 0.517. The van der Waals surface area contributed by atoms with Gasteiger partial charge in [0.05, 0.1) is 11.4 Å². The first-order chi connectivity index (χ1) is 13.7. The van der Waals surface area contributed by atoms with Gasteiger partial charge in [0.2, 0.25) is 0 Å². The highest BCUT2D eigenvalue weighted by Crippen LogP contribution is 2.23. The lowest BCUT2D eigenvalue weighted by Crippen LogP contribution is -2.29. The third kappa shape index (κ3) is 4.21. The van der Waals surface area contributed by atoms with Crippen molar-refractivity contribution in [3.8, 4) is 27.6 Å². The highest BCUT2D eigenvalue weighted by Gasteiger charge is 2.15. The van der Waals surface area contributed by atoms with E-state index < -0.39 is 11.9 Å². The number of thiophene rings is 1. The minimum Gasteiger partial charge on any atom is -0.491 e. The van der Waals surface area contributed by atoms with Crippen molar-refractivity contribution < 1.29 is 14.3 Å². The van der Waals surface area contributed by atoms with Gasteiger partial charge in [-0.1, -0.05) is 48.5 Å². The number of aliphatic hydroxyl groups is 1. The van der Waals surface area contributed by atoms with Crippen LogP contribution in [0, 0.1) is 0 Å². The smallest absolute Gasteiger partial charge is 0.437 e. The zero-order valence-electron chi connectivity index (χ0n) is 14.9. The molecule has 2 aromatic heterocycles. The van der Waals surface area contributed by atoms with E-state index in [1.807, 2.05) is 72.1 Å². The van der Waals surface area contributed by atoms with Gasteiger partial charge in [-0.2, -0.15) is 4.68 Å². The van der Waals surface area contributed by atoms with E-state index in [4.69, 9.17) is 9.15 Å². The van der Waals surface area contributed by atoms with Crippen LogP contribution in [0.4, 0.5) is 0 Å². The molecule has 0 bridgehead atoms. The molecule has 0 radical (unpaired) electrons. The Morgan fingerprint density at radius 1 is 1.04 bits per heavy atom. The summed E-state index contributed by atoms with van der Waals surface area (Å²) in [7, 11) is 0. The molecule has 0 aliphatic carbocycles. The minimum atomic E-state index is -0.896. The van der Waals surface area contributed by atoms with Crippen molar-refractivity contribution in [3.63, 3.8) is 0 Å². The maximum Gasteiger partial charge on any atom is 0.437 e. The van der Waals surface area contributed by atoms with E-state index in [9.17, 15) is 9.90 Å². The molecule has 4 rings (SSSR count). The van der Waals surface area contributed by atoms with Crippen molar-refractivity contribution in [1.29, 1.82) is 0 Å². The van der Waals surface area contributed by atoms with Crippen LogP contribution < -0.4 is 10.5 Å². The van der Waals surface area contributed by atoms with Crippen LogP contribution in [-0.4, -0.2) is 27.6 Å². The summed E-state index contributed by atoms with van der Waals surface area (Å²) >= 11 is 1.43. The molecule has 1 atom stereocenters. The van der Waals surface area contributed by atoms with Gasteiger partial charge >= 0.3 is 5.76 Å². The minimum absolute atomic E-state index is 0.00416. The van der Waals surface area contributed by atoms with Crippen LogP contribution in [-0.2, 0) is 6.54 Å². The molecule has 1 N–H and O–H groups in total. The largest absolute Gasteiger partial charge is 0.491 e. The summed E-state index contributed by atoms with van der Waals surface area (Å²) in [5.74, 6) is 0.296. The second-order valence-corrected chi connectivity index (χ2v) is 7.14. The van der Waals surface area contributed by atoms with E-state index in [0.717, 1.165) is 20.7 Å². The fraction of sp³-hybridized carbons (Fsp3) is 0.143. The molecule has 142 valence electrons. The van der Waals surface area contributed by atoms with Crippen LogP contribution in [0.1, 0.15) is 0 Å². The number of hydrogen-bond acceptors (Lipinski definition) is 6. The lowest BCUT2D eigenvalue weighted by Gasteiger charge is -2.12. The van der Waals surface area contributed by atoms with E-state index in [2.05, 4.69) is 5.10 Å². The Morgan fingerprint density at radius 3 is 2.50 bits per heavy atom. The first kappa shape index (κ1) is 18.2. The fourth-order valence-corrected chi connectivity index (χ4v) is 3.38. The Bertz CT molecular complexity index is 1070. The number of ether oxygens (including phenoxy) is 1. The summed E-state index contributed by atoms with van der Waals surface area (Å²) in [6.45, 7) is 0.0358. The van der Waals surface area contributed by atoms with Gasteiger partial charge in [-0.15, -0.1) is 16.4 Å². The van der Waals surface area contributed by atoms with Crippen LogP contribution >= 0.6 is 11.3 Å². The summed E-state index contributed by atoms with van der Waals surface area (Å²) in [5.41, 5.74) is 2.21. The van der Waals surface area contributed by atoms with Gasteiger partial charge in [-0.25, -0.2) is 4.79 Å². The van der Waals surface area contributed by atoms with Crippen molar-refractivity contribution in [2.24, 2.45) is 0 Å². The summed E-state index contributed by atoms with van der Waals surface area (Å²) < 4.78 is 11.9. The third-order valence-corrected chi connectivity index (χ3v) is 4.98. The van der Waals surface area contributed by atoms with Crippen molar-refractivity contribution in [2.75, 3.05) is 6.61 Å². The SMILES string of the molecule is O=c1oc(-c2cccs2)nn1C[C@@H](O)COc1ccc(-c2ccccc2)cc1. The fourth-order valence-electron chi connectivity index (χ4n) is 2.74. The topological polar surface area (TPSA) is 77.5 Å². The molecule has 0 saturated carbocycles. The number of benzene rings is 2. The molecule has 0 saturated heterocycles. The van der Waals surface area contributed by atoms with Gasteiger partial charge in [0.15, 0.2) is 0 Å². The molecule has 0 fully saturated rings. The molecular formula is C21H18N2O4S. The maximum atomic E-state index is 11.9. The Kier molecular flexibility index (Phi) is 5.36. The van der Waals surface area contributed by atoms with Gasteiger partial charge in [0.1, 0.15) is 18.5 Å². The first-order valence-electron chi connectivity index (χ1n) is 8.77. The van der Waals surface area contributed by atoms with Crippen molar-refractivity contribution in [1.82, 2.24) is 9.78 Å². The summed E-state index contributed by atoms with van der Waals surface area (Å²) in [6.07, 6.45) is -0.896. The summed E-state index contributed by atoms with van der Waals surface area (Å²) in [5, 5.41) is 16.2. The van der Waals surface area contributed by atoms with Gasteiger partial charge in [-0.3, -0.25) is 0 Å². The van der Waals surface area contributed by atoms with Gasteiger partial charge in [-0.05, 0) is 34.7 Å². The lowest BCUT2D eigenvalue weighted by atomic mass is 10.1. The maximum absolute atomic E-state index is 11.9. The summed E-state index contributed by atoms with van der Waals surface area (Å²) in [6, 6.07) is 21.4. The standard InChI is InChI=1S/C21H18N2O4S/c24-17(13-23-21(25)27-20(22-23)19-7-4-12-28-19)14-26-18-10-8-16(9-11-18)15-5-2-1-3-6-15/h1-12,17,24H,13-14H2/t17-/m1/s1. The van der Waals surface area contributed by atoms with Crippen LogP contribution in [0.25, 0.3) is 21.9 Å². The molecule has 2 heterocycles. The van der Waals surface area contributed by atoms with Gasteiger partial charge < -0.3 is 14.3 Å². The van der Waals surface area contributed by atoms with E-state index in [1.165, 1.54) is 11.3 Å². The molecule has 0 amide bonds. The molecule has 28 heavy (non-hydrogen) atoms. The number of aliphatic hydroxyl groups excluding tert-OH is 1. The number of aromatic nitrogens is 2. The Balaban J connectivity index is 1.35. The van der Waals surface area contributed by atoms with Gasteiger partial charge in [0.25, 0.3) is 5.89 Å². The Labute approximate surface area is 165 Å². The van der Waals surface area contributed by atoms with Crippen LogP contribution in [0.5, 0.6) is 5.75 Å². The molecule has 2 aromatic carbocycles. The van der Waals surface area contributed by atoms with Crippen LogP contribution in [0.15, 0.2) is 81.3 Å². The lowest BCUT2D eigenvalue weighted by molar-refractivity contribution is 0.0875. The summed E-state index contributed by atoms with van der Waals surface area (Å²) in [4.78, 5) is 12.7. The van der Waals surface area contributed by atoms with E-state index in [1.54, 1.807) is 0 Å². The number of hydrogen-bond donors (Lipinski definition) is 1. The second kappa shape index (κ2) is 8.24. The zero-order valence-corrected chi connectivity index (χ0v) is 15.7. The predicted octanol–water partition coefficient (Wildman–Crippen LogP) is 3.67. The van der Waals surface area contributed by atoms with Crippen molar-refractivity contribution >= 4 is 11.3 Å². The second-order valence-electron chi connectivity index (χ2n) is 6.19. The highest BCUT2D eigenvalue weighted by atomic mass is 32.1. The normalized spacial score (nSPS) is 12.0. The van der Waals surface area contributed by atoms with Gasteiger partial charge in [0, 0.05) is 0 Å². The molecule has 0 aliphatic rings. The molecule has 4 aromatic rings. The molecular weight excluding hydrogens is 376 g/mol. The average Bonchev–Trinajstić information content (AvgIpc) is 3.38. The zero-order chi connectivity index (χ0) is 19.3. The molecule has 6 nitrogen and oxygen atoms in total. The highest BCUT2D eigenvalue weighted by molar-refractivity contribution is 7.13. The monoisotopic (exact) mass is 394 g/mol. The molecule has 7 heteroatoms. The Hall–Kier alpha value is -3.16. The Morgan fingerprint density at radius 2 is 1.79 bits per heavy atom. The third-order valence-electron chi connectivity index (χ3n) is 4.13. The average molecular weight is 394 g/mol. The van der Waals surface area contributed by atoms with Crippen molar-refractivity contribution in [3.05, 3.63) is 82.7 Å². The molecule has 0 aliphatic heterocycles. The first-order valence-corrected chi connectivity index (χ1v) is 9.65. The van der Waals surface area contributed by atoms with Crippen molar-refractivity contribution in [2.45, 2.75) is 12.6 Å². The van der Waals surface area contributed by atoms with E-state index in [-0.39, 0.29) is 19.0 Å². The van der Waals surface area contributed by atoms with Crippen LogP contribution in [0.3, 0.4) is 0 Å². The van der Waals surface area contributed by atoms with Crippen LogP contribution in [0.2, 0.25) is 0 Å². The number of nitrogens with zero attached hydrogens (tertiary/aromatic N) is 2. The number of rotatable bonds is 7. The van der Waals surface area contributed by atoms with E-state index in [0.29, 0.717) is 5.75 Å². The van der Waals surface area contributed by atoms with E-state index >= 15 is 0 Å². The molecule has 0 unspecified atom stereocenters.